The molecule has 0 saturated carbocycles. The highest BCUT2D eigenvalue weighted by Gasteiger charge is 2.31. The van der Waals surface area contributed by atoms with Gasteiger partial charge in [-0.3, -0.25) is 29.2 Å². The lowest BCUT2D eigenvalue weighted by Gasteiger charge is -2.24. The number of aliphatic imine (C=N–C) groups is 2. The molecule has 0 fully saturated rings. The fourth-order valence-electron chi connectivity index (χ4n) is 2.82. The molecule has 0 aromatic heterocycles. The summed E-state index contributed by atoms with van der Waals surface area (Å²) >= 11 is 3.93. The number of guanidine groups is 2. The number of hydrogen-bond donors (Lipinski definition) is 11. The number of carbonyl (C=O) groups is 5. The van der Waals surface area contributed by atoms with E-state index in [4.69, 9.17) is 28.7 Å². The van der Waals surface area contributed by atoms with E-state index in [1.807, 2.05) is 0 Å². The summed E-state index contributed by atoms with van der Waals surface area (Å²) in [6.45, 7) is 0.229. The molecule has 0 radical (unpaired) electrons. The van der Waals surface area contributed by atoms with Gasteiger partial charge in [0.25, 0.3) is 0 Å². The molecule has 37 heavy (non-hydrogen) atoms. The van der Waals surface area contributed by atoms with Crippen molar-refractivity contribution >= 4 is 54.2 Å². The number of hydrogen-bond acceptors (Lipinski definition) is 9. The minimum Gasteiger partial charge on any atom is -0.481 e. The summed E-state index contributed by atoms with van der Waals surface area (Å²) in [6.07, 6.45) is -0.490. The molecular formula is C19H36N10O7S. The van der Waals surface area contributed by atoms with Crippen LogP contribution in [0.15, 0.2) is 9.98 Å². The number of carboxylic acid groups (broad SMARTS) is 2. The number of nitrogens with two attached hydrogens (primary N) is 5. The molecule has 0 saturated heterocycles. The molecular weight excluding hydrogens is 512 g/mol. The van der Waals surface area contributed by atoms with Gasteiger partial charge in [-0.1, -0.05) is 0 Å². The molecule has 4 atom stereocenters. The number of aliphatic carboxylic acids is 2. The van der Waals surface area contributed by atoms with E-state index in [0.29, 0.717) is 0 Å². The molecule has 0 rings (SSSR count). The van der Waals surface area contributed by atoms with Crippen LogP contribution in [0.4, 0.5) is 0 Å². The molecule has 18 heteroatoms. The Hall–Kier alpha value is -3.80. The van der Waals surface area contributed by atoms with Crippen LogP contribution in [0, 0.1) is 0 Å². The van der Waals surface area contributed by atoms with Gasteiger partial charge in [-0.05, 0) is 25.7 Å². The van der Waals surface area contributed by atoms with Crippen molar-refractivity contribution in [2.75, 3.05) is 18.8 Å². The Bertz CT molecular complexity index is 862. The Balaban J connectivity index is 5.53. The lowest BCUT2D eigenvalue weighted by molar-refractivity contribution is -0.143. The van der Waals surface area contributed by atoms with E-state index in [9.17, 15) is 34.2 Å². The highest BCUT2D eigenvalue weighted by molar-refractivity contribution is 7.80. The number of nitrogens with one attached hydrogen (secondary N) is 3. The van der Waals surface area contributed by atoms with Gasteiger partial charge in [-0.15, -0.1) is 0 Å². The summed E-state index contributed by atoms with van der Waals surface area (Å²) in [5.74, 6) is -5.86. The molecule has 210 valence electrons. The zero-order valence-electron chi connectivity index (χ0n) is 20.1. The van der Waals surface area contributed by atoms with Crippen LogP contribution in [0.25, 0.3) is 0 Å². The molecule has 0 heterocycles. The predicted octanol–water partition coefficient (Wildman–Crippen LogP) is -4.64. The van der Waals surface area contributed by atoms with E-state index < -0.39 is 60.2 Å². The second kappa shape index (κ2) is 17.6. The van der Waals surface area contributed by atoms with Gasteiger partial charge in [-0.25, -0.2) is 4.79 Å². The Morgan fingerprint density at radius 3 is 1.59 bits per heavy atom. The van der Waals surface area contributed by atoms with E-state index in [0.717, 1.165) is 0 Å². The first-order valence-corrected chi connectivity index (χ1v) is 11.7. The van der Waals surface area contributed by atoms with Crippen LogP contribution < -0.4 is 44.6 Å². The monoisotopic (exact) mass is 548 g/mol. The van der Waals surface area contributed by atoms with Crippen molar-refractivity contribution < 1.29 is 34.2 Å². The third-order valence-corrected chi connectivity index (χ3v) is 5.08. The molecule has 0 aromatic carbocycles. The van der Waals surface area contributed by atoms with Gasteiger partial charge in [0.1, 0.15) is 18.1 Å². The van der Waals surface area contributed by atoms with Crippen LogP contribution >= 0.6 is 12.6 Å². The standard InChI is InChI=1S/C19H36N10O7S/c20-9(8-37)14(32)27-10(3-1-5-25-18(21)22)15(33)29-12(7-13(30)31)16(34)28-11(17(35)36)4-2-6-26-19(23)24/h9-12,37H,1-8,20H2,(H,27,32)(H,28,34)(H,29,33)(H,30,31)(H,35,36)(H4,21,22,25)(H4,23,24,26). The molecule has 0 aromatic rings. The Kier molecular flexibility index (Phi) is 15.8. The van der Waals surface area contributed by atoms with Gasteiger partial charge in [0.05, 0.1) is 12.5 Å². The van der Waals surface area contributed by atoms with E-state index >= 15 is 0 Å². The lowest BCUT2D eigenvalue weighted by atomic mass is 10.1. The summed E-state index contributed by atoms with van der Waals surface area (Å²) in [4.78, 5) is 68.2. The second-order valence-corrected chi connectivity index (χ2v) is 8.17. The number of nitrogens with zero attached hydrogens (tertiary/aromatic N) is 2. The summed E-state index contributed by atoms with van der Waals surface area (Å²) in [6, 6.07) is -5.32. The van der Waals surface area contributed by atoms with Crippen molar-refractivity contribution in [2.45, 2.75) is 56.3 Å². The maximum absolute atomic E-state index is 12.9. The first-order valence-electron chi connectivity index (χ1n) is 11.1. The topological polar surface area (TPSA) is 317 Å². The van der Waals surface area contributed by atoms with E-state index in [1.54, 1.807) is 0 Å². The normalized spacial score (nSPS) is 13.7. The van der Waals surface area contributed by atoms with Gasteiger partial charge >= 0.3 is 11.9 Å². The molecule has 0 aliphatic heterocycles. The van der Waals surface area contributed by atoms with Crippen LogP contribution in [0.2, 0.25) is 0 Å². The smallest absolute Gasteiger partial charge is 0.326 e. The zero-order valence-corrected chi connectivity index (χ0v) is 21.0. The Morgan fingerprint density at radius 2 is 1.16 bits per heavy atom. The van der Waals surface area contributed by atoms with Crippen LogP contribution in [0.3, 0.4) is 0 Å². The van der Waals surface area contributed by atoms with Crippen molar-refractivity contribution in [1.29, 1.82) is 0 Å². The second-order valence-electron chi connectivity index (χ2n) is 7.81. The predicted molar refractivity (Wildman–Crippen MR) is 137 cm³/mol. The third-order valence-electron chi connectivity index (χ3n) is 4.68. The average Bonchev–Trinajstić information content (AvgIpc) is 2.80. The Labute approximate surface area is 218 Å². The number of rotatable bonds is 18. The molecule has 4 unspecified atom stereocenters. The van der Waals surface area contributed by atoms with Crippen molar-refractivity contribution in [1.82, 2.24) is 16.0 Å². The van der Waals surface area contributed by atoms with Crippen LogP contribution in [-0.2, 0) is 24.0 Å². The molecule has 0 spiro atoms. The molecule has 3 amide bonds. The van der Waals surface area contributed by atoms with Crippen LogP contribution in [0.5, 0.6) is 0 Å². The van der Waals surface area contributed by atoms with Gasteiger partial charge in [0.2, 0.25) is 17.7 Å². The van der Waals surface area contributed by atoms with Crippen molar-refractivity contribution in [3.63, 3.8) is 0 Å². The zero-order chi connectivity index (χ0) is 28.5. The van der Waals surface area contributed by atoms with Crippen molar-refractivity contribution in [3.8, 4) is 0 Å². The quantitative estimate of drug-likeness (QED) is 0.0333. The largest absolute Gasteiger partial charge is 0.481 e. The maximum atomic E-state index is 12.9. The van der Waals surface area contributed by atoms with Crippen molar-refractivity contribution in [2.24, 2.45) is 38.7 Å². The first-order chi connectivity index (χ1) is 17.3. The number of thiol groups is 1. The fraction of sp³-hybridized carbons (Fsp3) is 0.632. The molecule has 0 aliphatic carbocycles. The fourth-order valence-corrected chi connectivity index (χ4v) is 2.99. The minimum atomic E-state index is -1.65. The summed E-state index contributed by atoms with van der Waals surface area (Å²) < 4.78 is 0. The highest BCUT2D eigenvalue weighted by atomic mass is 32.1. The number of carboxylic acids is 2. The summed E-state index contributed by atoms with van der Waals surface area (Å²) in [5, 5.41) is 25.5. The summed E-state index contributed by atoms with van der Waals surface area (Å²) in [7, 11) is 0. The first kappa shape index (κ1) is 33.2. The van der Waals surface area contributed by atoms with E-state index in [1.165, 1.54) is 0 Å². The average molecular weight is 549 g/mol. The van der Waals surface area contributed by atoms with Gasteiger partial charge < -0.3 is 54.8 Å². The van der Waals surface area contributed by atoms with E-state index in [-0.39, 0.29) is 56.4 Å². The summed E-state index contributed by atoms with van der Waals surface area (Å²) in [5.41, 5.74) is 26.6. The van der Waals surface area contributed by atoms with Gasteiger partial charge in [0.15, 0.2) is 11.9 Å². The molecule has 15 N–H and O–H groups in total. The van der Waals surface area contributed by atoms with Crippen LogP contribution in [-0.4, -0.2) is 94.8 Å². The molecule has 0 bridgehead atoms. The third kappa shape index (κ3) is 15.0. The Morgan fingerprint density at radius 1 is 0.730 bits per heavy atom. The van der Waals surface area contributed by atoms with Gasteiger partial charge in [0, 0.05) is 18.8 Å². The lowest BCUT2D eigenvalue weighted by Crippen LogP contribution is -2.57. The highest BCUT2D eigenvalue weighted by Crippen LogP contribution is 2.05. The maximum Gasteiger partial charge on any atom is 0.326 e. The van der Waals surface area contributed by atoms with E-state index in [2.05, 4.69) is 38.6 Å². The SMILES string of the molecule is NC(N)=NCCCC(NC(=O)C(CC(=O)O)NC(=O)C(CCCN=C(N)N)NC(=O)C(N)CS)C(=O)O. The number of carbonyl (C=O) groups excluding carboxylic acids is 3. The molecule has 17 nitrogen and oxygen atoms in total. The minimum absolute atomic E-state index is 0.0115. The molecule has 0 aliphatic rings. The number of amides is 3. The van der Waals surface area contributed by atoms with Gasteiger partial charge in [-0.2, -0.15) is 12.6 Å². The van der Waals surface area contributed by atoms with Crippen molar-refractivity contribution in [3.05, 3.63) is 0 Å². The van der Waals surface area contributed by atoms with Crippen LogP contribution in [0.1, 0.15) is 32.1 Å².